The maximum atomic E-state index is 4.35. The van der Waals surface area contributed by atoms with Gasteiger partial charge in [-0.3, -0.25) is 0 Å². The predicted octanol–water partition coefficient (Wildman–Crippen LogP) is 1.81. The Morgan fingerprint density at radius 3 is 3.00 bits per heavy atom. The van der Waals surface area contributed by atoms with Gasteiger partial charge in [0.25, 0.3) is 0 Å². The maximum absolute atomic E-state index is 4.35. The summed E-state index contributed by atoms with van der Waals surface area (Å²) in [6, 6.07) is 0. The number of nitrogens with zero attached hydrogens (tertiary/aromatic N) is 3. The van der Waals surface area contributed by atoms with Gasteiger partial charge in [0.15, 0.2) is 0 Å². The number of aromatic nitrogens is 3. The third kappa shape index (κ3) is 2.48. The largest absolute Gasteiger partial charge is 0.324 e. The van der Waals surface area contributed by atoms with Crippen molar-refractivity contribution in [3.05, 3.63) is 34.3 Å². The molecule has 2 aromatic heterocycles. The molecule has 0 spiro atoms. The van der Waals surface area contributed by atoms with Crippen molar-refractivity contribution in [1.82, 2.24) is 19.9 Å². The Kier molecular flexibility index (Phi) is 3.69. The molecule has 86 valence electrons. The van der Waals surface area contributed by atoms with Crippen molar-refractivity contribution >= 4 is 11.3 Å². The van der Waals surface area contributed by atoms with Crippen LogP contribution in [0.3, 0.4) is 0 Å². The minimum Gasteiger partial charge on any atom is -0.324 e. The first kappa shape index (κ1) is 11.3. The van der Waals surface area contributed by atoms with Gasteiger partial charge in [-0.25, -0.2) is 9.97 Å². The molecule has 0 atom stereocenters. The van der Waals surface area contributed by atoms with Crippen molar-refractivity contribution in [2.45, 2.75) is 26.9 Å². The second-order valence-electron chi connectivity index (χ2n) is 3.59. The topological polar surface area (TPSA) is 42.7 Å². The molecule has 0 saturated carbocycles. The fourth-order valence-electron chi connectivity index (χ4n) is 1.59. The van der Waals surface area contributed by atoms with E-state index in [9.17, 15) is 0 Å². The summed E-state index contributed by atoms with van der Waals surface area (Å²) in [5.74, 6) is 1.04. The van der Waals surface area contributed by atoms with E-state index in [-0.39, 0.29) is 0 Å². The molecule has 0 radical (unpaired) electrons. The molecule has 0 amide bonds. The van der Waals surface area contributed by atoms with Crippen molar-refractivity contribution < 1.29 is 0 Å². The van der Waals surface area contributed by atoms with E-state index in [2.05, 4.69) is 26.8 Å². The highest BCUT2D eigenvalue weighted by Crippen LogP contribution is 2.11. The van der Waals surface area contributed by atoms with Crippen molar-refractivity contribution in [2.24, 2.45) is 0 Å². The van der Waals surface area contributed by atoms with Crippen LogP contribution in [0.2, 0.25) is 0 Å². The summed E-state index contributed by atoms with van der Waals surface area (Å²) in [6.07, 6.45) is 3.78. The van der Waals surface area contributed by atoms with Gasteiger partial charge in [-0.1, -0.05) is 6.92 Å². The summed E-state index contributed by atoms with van der Waals surface area (Å²) < 4.78 is 2.21. The summed E-state index contributed by atoms with van der Waals surface area (Å²) in [6.45, 7) is 6.80. The van der Waals surface area contributed by atoms with Crippen LogP contribution < -0.4 is 5.32 Å². The van der Waals surface area contributed by atoms with Gasteiger partial charge in [-0.15, -0.1) is 11.3 Å². The van der Waals surface area contributed by atoms with Gasteiger partial charge in [0.2, 0.25) is 0 Å². The highest BCUT2D eigenvalue weighted by atomic mass is 32.1. The number of nitrogens with one attached hydrogen (secondary N) is 1. The summed E-state index contributed by atoms with van der Waals surface area (Å²) in [4.78, 5) is 8.65. The number of aryl methyl sites for hydroxylation is 1. The molecule has 0 aliphatic heterocycles. The fourth-order valence-corrected chi connectivity index (χ4v) is 2.20. The number of hydrogen-bond acceptors (Lipinski definition) is 4. The Bertz CT molecular complexity index is 433. The van der Waals surface area contributed by atoms with Crippen molar-refractivity contribution in [3.8, 4) is 0 Å². The average molecular weight is 236 g/mol. The van der Waals surface area contributed by atoms with Gasteiger partial charge in [0.05, 0.1) is 12.2 Å². The Morgan fingerprint density at radius 2 is 2.31 bits per heavy atom. The average Bonchev–Trinajstić information content (AvgIpc) is 2.89. The van der Waals surface area contributed by atoms with Gasteiger partial charge in [-0.05, 0) is 13.5 Å². The van der Waals surface area contributed by atoms with Crippen LogP contribution in [0.5, 0.6) is 0 Å². The Labute approximate surface area is 99.4 Å². The summed E-state index contributed by atoms with van der Waals surface area (Å²) in [5, 5.41) is 6.45. The molecule has 2 heterocycles. The van der Waals surface area contributed by atoms with Crippen molar-refractivity contribution in [2.75, 3.05) is 6.54 Å². The van der Waals surface area contributed by atoms with Gasteiger partial charge in [0.1, 0.15) is 10.8 Å². The molecule has 0 fully saturated rings. The number of imidazole rings is 1. The molecule has 1 N–H and O–H groups in total. The third-order valence-corrected chi connectivity index (χ3v) is 3.24. The second-order valence-corrected chi connectivity index (χ2v) is 4.57. The molecule has 2 aromatic rings. The molecule has 0 unspecified atom stereocenters. The van der Waals surface area contributed by atoms with Gasteiger partial charge in [-0.2, -0.15) is 0 Å². The monoisotopic (exact) mass is 236 g/mol. The predicted molar refractivity (Wildman–Crippen MR) is 65.6 cm³/mol. The zero-order valence-electron chi connectivity index (χ0n) is 9.60. The lowest BCUT2D eigenvalue weighted by atomic mass is 10.4. The lowest BCUT2D eigenvalue weighted by Crippen LogP contribution is -2.16. The van der Waals surface area contributed by atoms with Gasteiger partial charge < -0.3 is 9.88 Å². The summed E-state index contributed by atoms with van der Waals surface area (Å²) >= 11 is 1.68. The molecule has 0 bridgehead atoms. The van der Waals surface area contributed by atoms with E-state index in [0.29, 0.717) is 0 Å². The van der Waals surface area contributed by atoms with E-state index < -0.39 is 0 Å². The molecule has 0 aliphatic carbocycles. The molecular weight excluding hydrogens is 220 g/mol. The van der Waals surface area contributed by atoms with Crippen LogP contribution in [0.1, 0.15) is 23.4 Å². The normalized spacial score (nSPS) is 10.9. The van der Waals surface area contributed by atoms with E-state index >= 15 is 0 Å². The first-order chi connectivity index (χ1) is 7.81. The van der Waals surface area contributed by atoms with E-state index in [1.54, 1.807) is 11.3 Å². The molecule has 0 aliphatic rings. The Hall–Kier alpha value is -1.20. The first-order valence-corrected chi connectivity index (χ1v) is 6.29. The Morgan fingerprint density at radius 1 is 1.44 bits per heavy atom. The van der Waals surface area contributed by atoms with Gasteiger partial charge >= 0.3 is 0 Å². The zero-order chi connectivity index (χ0) is 11.4. The van der Waals surface area contributed by atoms with Crippen molar-refractivity contribution in [3.63, 3.8) is 0 Å². The van der Waals surface area contributed by atoms with Crippen LogP contribution in [0, 0.1) is 6.92 Å². The van der Waals surface area contributed by atoms with Crippen LogP contribution in [-0.4, -0.2) is 21.1 Å². The van der Waals surface area contributed by atoms with Crippen LogP contribution in [0.4, 0.5) is 0 Å². The van der Waals surface area contributed by atoms with Crippen LogP contribution in [0.25, 0.3) is 0 Å². The van der Waals surface area contributed by atoms with Crippen molar-refractivity contribution in [1.29, 1.82) is 0 Å². The van der Waals surface area contributed by atoms with E-state index in [4.69, 9.17) is 0 Å². The first-order valence-electron chi connectivity index (χ1n) is 5.41. The molecule has 16 heavy (non-hydrogen) atoms. The number of hydrogen-bond donors (Lipinski definition) is 1. The number of rotatable bonds is 5. The molecule has 2 rings (SSSR count). The lowest BCUT2D eigenvalue weighted by Gasteiger charge is -2.08. The SMILES string of the molecule is CCNCc1cnc(C)n1Cc1nccs1. The molecule has 5 heteroatoms. The second kappa shape index (κ2) is 5.23. The highest BCUT2D eigenvalue weighted by Gasteiger charge is 2.07. The quantitative estimate of drug-likeness (QED) is 0.861. The van der Waals surface area contributed by atoms with Crippen LogP contribution >= 0.6 is 11.3 Å². The van der Waals surface area contributed by atoms with Gasteiger partial charge in [0, 0.05) is 24.3 Å². The Balaban J connectivity index is 2.15. The third-order valence-electron chi connectivity index (χ3n) is 2.47. The molecule has 4 nitrogen and oxygen atoms in total. The summed E-state index contributed by atoms with van der Waals surface area (Å²) in [5.41, 5.74) is 1.22. The molecule has 0 aromatic carbocycles. The zero-order valence-corrected chi connectivity index (χ0v) is 10.4. The van der Waals surface area contributed by atoms with Crippen LogP contribution in [0.15, 0.2) is 17.8 Å². The maximum Gasteiger partial charge on any atom is 0.112 e. The minimum atomic E-state index is 0.824. The number of thiazole rings is 1. The minimum absolute atomic E-state index is 0.824. The summed E-state index contributed by atoms with van der Waals surface area (Å²) in [7, 11) is 0. The lowest BCUT2D eigenvalue weighted by molar-refractivity contribution is 0.645. The van der Waals surface area contributed by atoms with E-state index in [0.717, 1.165) is 30.5 Å². The molecular formula is C11H16N4S. The highest BCUT2D eigenvalue weighted by molar-refractivity contribution is 7.09. The van der Waals surface area contributed by atoms with E-state index in [1.165, 1.54) is 5.69 Å². The fraction of sp³-hybridized carbons (Fsp3) is 0.455. The van der Waals surface area contributed by atoms with E-state index in [1.807, 2.05) is 24.7 Å². The van der Waals surface area contributed by atoms with Crippen LogP contribution in [-0.2, 0) is 13.1 Å². The standard InChI is InChI=1S/C11H16N4S/c1-3-12-6-10-7-14-9(2)15(10)8-11-13-4-5-16-11/h4-5,7,12H,3,6,8H2,1-2H3. The molecule has 0 saturated heterocycles. The smallest absolute Gasteiger partial charge is 0.112 e.